The number of thiazole rings is 1. The van der Waals surface area contributed by atoms with Gasteiger partial charge in [-0.3, -0.25) is 0 Å². The van der Waals surface area contributed by atoms with Crippen molar-refractivity contribution in [1.29, 1.82) is 0 Å². The number of benzene rings is 1. The number of hydrogen-bond acceptors (Lipinski definition) is 4. The summed E-state index contributed by atoms with van der Waals surface area (Å²) in [5.41, 5.74) is 1.85. The summed E-state index contributed by atoms with van der Waals surface area (Å²) in [4.78, 5) is 7.02. The molecule has 21 heavy (non-hydrogen) atoms. The van der Waals surface area contributed by atoms with E-state index in [0.29, 0.717) is 11.5 Å². The Balaban J connectivity index is 2.02. The largest absolute Gasteiger partial charge is 0.312 e. The van der Waals surface area contributed by atoms with Gasteiger partial charge in [-0.05, 0) is 37.8 Å². The first kappa shape index (κ1) is 15.0. The molecule has 0 aliphatic heterocycles. The average Bonchev–Trinajstić information content (AvgIpc) is 3.25. The minimum atomic E-state index is -0.173. The van der Waals surface area contributed by atoms with Crippen molar-refractivity contribution in [2.24, 2.45) is 0 Å². The first-order valence-corrected chi connectivity index (χ1v) is 9.32. The molecule has 2 aromatic rings. The second kappa shape index (κ2) is 6.46. The summed E-state index contributed by atoms with van der Waals surface area (Å²) in [5.74, 6) is 0.418. The smallest absolute Gasteiger partial charge is 0.134 e. The van der Waals surface area contributed by atoms with E-state index in [2.05, 4.69) is 12.2 Å². The molecule has 0 bridgehead atoms. The van der Waals surface area contributed by atoms with Crippen molar-refractivity contribution in [2.75, 3.05) is 12.8 Å². The lowest BCUT2D eigenvalue weighted by Crippen LogP contribution is -2.11. The molecule has 1 fully saturated rings. The highest BCUT2D eigenvalue weighted by molar-refractivity contribution is 7.98. The fourth-order valence-corrected chi connectivity index (χ4v) is 4.25. The highest BCUT2D eigenvalue weighted by Gasteiger charge is 2.30. The van der Waals surface area contributed by atoms with Crippen molar-refractivity contribution in [2.45, 2.75) is 37.1 Å². The molecule has 1 heterocycles. The quantitative estimate of drug-likeness (QED) is 0.783. The van der Waals surface area contributed by atoms with Crippen LogP contribution in [-0.2, 0) is 6.54 Å². The highest BCUT2D eigenvalue weighted by Crippen LogP contribution is 2.45. The van der Waals surface area contributed by atoms with Crippen molar-refractivity contribution in [3.8, 4) is 10.6 Å². The van der Waals surface area contributed by atoms with E-state index in [1.54, 1.807) is 29.2 Å². The van der Waals surface area contributed by atoms with Crippen molar-refractivity contribution in [1.82, 2.24) is 10.3 Å². The SMILES string of the molecule is CCNCc1sc(-c2c(F)cccc2SC)nc1C1CC1. The maximum Gasteiger partial charge on any atom is 0.134 e. The number of thioether (sulfide) groups is 1. The lowest BCUT2D eigenvalue weighted by molar-refractivity contribution is 0.628. The van der Waals surface area contributed by atoms with Gasteiger partial charge in [0.05, 0.1) is 11.3 Å². The van der Waals surface area contributed by atoms with E-state index in [0.717, 1.165) is 23.0 Å². The number of aromatic nitrogens is 1. The topological polar surface area (TPSA) is 24.9 Å². The van der Waals surface area contributed by atoms with Gasteiger partial charge in [0.25, 0.3) is 0 Å². The Morgan fingerprint density at radius 1 is 1.43 bits per heavy atom. The molecule has 1 aromatic heterocycles. The van der Waals surface area contributed by atoms with E-state index in [4.69, 9.17) is 4.98 Å². The van der Waals surface area contributed by atoms with Gasteiger partial charge in [-0.15, -0.1) is 23.1 Å². The Labute approximate surface area is 133 Å². The molecule has 0 spiro atoms. The van der Waals surface area contributed by atoms with Gasteiger partial charge in [-0.2, -0.15) is 0 Å². The van der Waals surface area contributed by atoms with Crippen LogP contribution in [0.3, 0.4) is 0 Å². The molecule has 3 rings (SSSR count). The number of rotatable bonds is 6. The van der Waals surface area contributed by atoms with Gasteiger partial charge in [0.2, 0.25) is 0 Å². The fourth-order valence-electron chi connectivity index (χ4n) is 2.39. The van der Waals surface area contributed by atoms with E-state index in [1.165, 1.54) is 29.5 Å². The van der Waals surface area contributed by atoms with Crippen LogP contribution < -0.4 is 5.32 Å². The van der Waals surface area contributed by atoms with Gasteiger partial charge in [-0.1, -0.05) is 13.0 Å². The molecule has 2 nitrogen and oxygen atoms in total. The predicted molar refractivity (Wildman–Crippen MR) is 88.6 cm³/mol. The zero-order valence-electron chi connectivity index (χ0n) is 12.3. The van der Waals surface area contributed by atoms with E-state index in [-0.39, 0.29) is 5.82 Å². The van der Waals surface area contributed by atoms with Crippen LogP contribution in [0.2, 0.25) is 0 Å². The van der Waals surface area contributed by atoms with E-state index >= 15 is 0 Å². The van der Waals surface area contributed by atoms with Crippen molar-refractivity contribution >= 4 is 23.1 Å². The Bertz CT molecular complexity index is 635. The number of nitrogens with zero attached hydrogens (tertiary/aromatic N) is 1. The molecular formula is C16H19FN2S2. The van der Waals surface area contributed by atoms with E-state index in [9.17, 15) is 4.39 Å². The number of halogens is 1. The first-order chi connectivity index (χ1) is 10.2. The maximum atomic E-state index is 14.3. The van der Waals surface area contributed by atoms with Gasteiger partial charge in [0.15, 0.2) is 0 Å². The zero-order chi connectivity index (χ0) is 14.8. The second-order valence-electron chi connectivity index (χ2n) is 5.20. The third kappa shape index (κ3) is 3.15. The highest BCUT2D eigenvalue weighted by atomic mass is 32.2. The number of nitrogens with one attached hydrogen (secondary N) is 1. The number of hydrogen-bond donors (Lipinski definition) is 1. The Kier molecular flexibility index (Phi) is 4.62. The van der Waals surface area contributed by atoms with Crippen LogP contribution in [0.1, 0.15) is 36.3 Å². The predicted octanol–water partition coefficient (Wildman–Crippen LogP) is 4.66. The molecule has 0 amide bonds. The molecule has 0 atom stereocenters. The van der Waals surface area contributed by atoms with Gasteiger partial charge in [0.1, 0.15) is 10.8 Å². The standard InChI is InChI=1S/C16H19FN2S2/c1-3-18-9-13-15(10-7-8-10)19-16(21-13)14-11(17)5-4-6-12(14)20-2/h4-6,10,18H,3,7-9H2,1-2H3. The van der Waals surface area contributed by atoms with Crippen LogP contribution in [0.4, 0.5) is 4.39 Å². The van der Waals surface area contributed by atoms with Crippen molar-refractivity contribution in [3.05, 3.63) is 34.6 Å². The zero-order valence-corrected chi connectivity index (χ0v) is 13.9. The van der Waals surface area contributed by atoms with Crippen molar-refractivity contribution in [3.63, 3.8) is 0 Å². The lowest BCUT2D eigenvalue weighted by Gasteiger charge is -2.05. The average molecular weight is 322 g/mol. The summed E-state index contributed by atoms with van der Waals surface area (Å²) in [6, 6.07) is 5.25. The van der Waals surface area contributed by atoms with E-state index < -0.39 is 0 Å². The van der Waals surface area contributed by atoms with Crippen molar-refractivity contribution < 1.29 is 4.39 Å². The minimum Gasteiger partial charge on any atom is -0.312 e. The molecule has 0 unspecified atom stereocenters. The summed E-state index contributed by atoms with van der Waals surface area (Å²) < 4.78 is 14.3. The van der Waals surface area contributed by atoms with Crippen LogP contribution in [0.25, 0.3) is 10.6 Å². The van der Waals surface area contributed by atoms with E-state index in [1.807, 2.05) is 12.3 Å². The molecule has 1 N–H and O–H groups in total. The summed E-state index contributed by atoms with van der Waals surface area (Å²) in [5, 5.41) is 4.19. The second-order valence-corrected chi connectivity index (χ2v) is 7.13. The molecule has 1 saturated carbocycles. The minimum absolute atomic E-state index is 0.173. The Morgan fingerprint density at radius 3 is 2.90 bits per heavy atom. The lowest BCUT2D eigenvalue weighted by atomic mass is 10.2. The monoisotopic (exact) mass is 322 g/mol. The molecule has 0 radical (unpaired) electrons. The van der Waals surface area contributed by atoms with Gasteiger partial charge >= 0.3 is 0 Å². The summed E-state index contributed by atoms with van der Waals surface area (Å²) >= 11 is 3.21. The third-order valence-corrected chi connectivity index (χ3v) is 5.50. The summed E-state index contributed by atoms with van der Waals surface area (Å²) in [6.45, 7) is 3.87. The van der Waals surface area contributed by atoms with Crippen LogP contribution in [-0.4, -0.2) is 17.8 Å². The molecule has 1 aliphatic carbocycles. The fraction of sp³-hybridized carbons (Fsp3) is 0.438. The van der Waals surface area contributed by atoms with Gasteiger partial charge < -0.3 is 5.32 Å². The summed E-state index contributed by atoms with van der Waals surface area (Å²) in [7, 11) is 0. The van der Waals surface area contributed by atoms with Crippen LogP contribution >= 0.6 is 23.1 Å². The Morgan fingerprint density at radius 2 is 2.24 bits per heavy atom. The molecule has 5 heteroatoms. The first-order valence-electron chi connectivity index (χ1n) is 7.27. The van der Waals surface area contributed by atoms with Crippen LogP contribution in [0.15, 0.2) is 23.1 Å². The molecule has 112 valence electrons. The molecule has 0 saturated heterocycles. The third-order valence-electron chi connectivity index (χ3n) is 3.64. The van der Waals surface area contributed by atoms with Crippen LogP contribution in [0.5, 0.6) is 0 Å². The normalized spacial score (nSPS) is 14.6. The molecule has 1 aliphatic rings. The summed E-state index contributed by atoms with van der Waals surface area (Å²) in [6.07, 6.45) is 4.41. The van der Waals surface area contributed by atoms with Crippen LogP contribution in [0, 0.1) is 5.82 Å². The maximum absolute atomic E-state index is 14.3. The molecule has 1 aromatic carbocycles. The molecular weight excluding hydrogens is 303 g/mol. The Hall–Kier alpha value is -0.910. The van der Waals surface area contributed by atoms with Gasteiger partial charge in [-0.25, -0.2) is 9.37 Å². The van der Waals surface area contributed by atoms with Gasteiger partial charge in [0, 0.05) is 22.2 Å².